The van der Waals surface area contributed by atoms with Gasteiger partial charge in [0.05, 0.1) is 6.04 Å². The number of ether oxygens (including phenoxy) is 1. The minimum atomic E-state index is -1.08. The molecule has 5 nitrogen and oxygen atoms in total. The van der Waals surface area contributed by atoms with E-state index in [9.17, 15) is 4.79 Å². The van der Waals surface area contributed by atoms with Crippen molar-refractivity contribution < 1.29 is 9.53 Å². The van der Waals surface area contributed by atoms with Crippen LogP contribution in [0, 0.1) is 12.8 Å². The van der Waals surface area contributed by atoms with Gasteiger partial charge in [-0.3, -0.25) is 9.69 Å². The molecule has 3 aromatic carbocycles. The van der Waals surface area contributed by atoms with E-state index in [0.717, 1.165) is 16.8 Å². The molecule has 1 saturated heterocycles. The lowest BCUT2D eigenvalue weighted by molar-refractivity contribution is -0.130. The number of halogens is 2. The molecule has 2 N–H and O–H groups in total. The quantitative estimate of drug-likeness (QED) is 0.428. The van der Waals surface area contributed by atoms with E-state index in [1.54, 1.807) is 30.3 Å². The van der Waals surface area contributed by atoms with Crippen molar-refractivity contribution >= 4 is 57.8 Å². The third-order valence-electron chi connectivity index (χ3n) is 6.15. The lowest BCUT2D eigenvalue weighted by atomic mass is 9.78. The van der Waals surface area contributed by atoms with Gasteiger partial charge >= 0.3 is 0 Å². The fourth-order valence-corrected chi connectivity index (χ4v) is 5.31. The Balaban J connectivity index is 1.62. The fourth-order valence-electron chi connectivity index (χ4n) is 4.59. The third-order valence-corrected chi connectivity index (χ3v) is 6.93. The minimum Gasteiger partial charge on any atom is -0.467 e. The minimum absolute atomic E-state index is 0.206. The maximum Gasteiger partial charge on any atom is 0.236 e. The van der Waals surface area contributed by atoms with Crippen LogP contribution in [0.15, 0.2) is 66.7 Å². The summed E-state index contributed by atoms with van der Waals surface area (Å²) in [5.41, 5.74) is 2.31. The highest BCUT2D eigenvalue weighted by Crippen LogP contribution is 2.50. The smallest absolute Gasteiger partial charge is 0.236 e. The summed E-state index contributed by atoms with van der Waals surface area (Å²) in [6.45, 7) is 3.92. The predicted molar refractivity (Wildman–Crippen MR) is 136 cm³/mol. The van der Waals surface area contributed by atoms with Gasteiger partial charge in [-0.25, -0.2) is 0 Å². The Labute approximate surface area is 207 Å². The number of carbonyl (C=O) groups is 1. The molecule has 33 heavy (non-hydrogen) atoms. The number of anilines is 2. The molecule has 2 heterocycles. The molecule has 2 bridgehead atoms. The van der Waals surface area contributed by atoms with E-state index in [4.69, 9.17) is 40.2 Å². The number of amides is 1. The van der Waals surface area contributed by atoms with Gasteiger partial charge in [0.1, 0.15) is 11.7 Å². The number of fused-ring (bicyclic) bond motifs is 4. The summed E-state index contributed by atoms with van der Waals surface area (Å²) in [5, 5.41) is 8.03. The van der Waals surface area contributed by atoms with Crippen LogP contribution >= 0.6 is 35.4 Å². The lowest BCUT2D eigenvalue weighted by Gasteiger charge is -2.56. The normalized spacial score (nSPS) is 23.3. The number of rotatable bonds is 3. The topological polar surface area (TPSA) is 53.6 Å². The van der Waals surface area contributed by atoms with Crippen LogP contribution in [0.1, 0.15) is 24.1 Å². The van der Waals surface area contributed by atoms with Crippen molar-refractivity contribution in [2.45, 2.75) is 25.6 Å². The number of nitrogens with one attached hydrogen (secondary N) is 2. The standard InChI is InChI=1S/C25H21Cl2N3O2S/c1-14-3-10-18(11-4-14)30-24(33)29-22-19-13-16(27)7-12-20(19)32-25(30,2)21(22)23(31)28-17-8-5-15(26)6-9-17/h3-13,21-22H,1-2H3,(H,28,31)(H,29,33)/t21-,22-,25-/m0/s1. The van der Waals surface area contributed by atoms with Gasteiger partial charge in [-0.05, 0) is 80.7 Å². The molecule has 3 aromatic rings. The van der Waals surface area contributed by atoms with E-state index in [1.165, 1.54) is 0 Å². The van der Waals surface area contributed by atoms with E-state index in [1.807, 2.05) is 55.1 Å². The summed E-state index contributed by atoms with van der Waals surface area (Å²) in [7, 11) is 0. The molecule has 1 fully saturated rings. The molecule has 0 spiro atoms. The van der Waals surface area contributed by atoms with Crippen molar-refractivity contribution in [2.75, 3.05) is 10.2 Å². The van der Waals surface area contributed by atoms with Gasteiger partial charge in [0.25, 0.3) is 0 Å². The van der Waals surface area contributed by atoms with Crippen LogP contribution in [-0.2, 0) is 4.79 Å². The molecule has 0 saturated carbocycles. The molecule has 0 aromatic heterocycles. The van der Waals surface area contributed by atoms with Crippen molar-refractivity contribution in [1.82, 2.24) is 5.32 Å². The van der Waals surface area contributed by atoms with Crippen molar-refractivity contribution in [3.05, 3.63) is 87.9 Å². The number of hydrogen-bond acceptors (Lipinski definition) is 3. The Hall–Kier alpha value is -2.80. The van der Waals surface area contributed by atoms with E-state index in [2.05, 4.69) is 10.6 Å². The summed E-state index contributed by atoms with van der Waals surface area (Å²) >= 11 is 18.1. The number of benzene rings is 3. The maximum absolute atomic E-state index is 13.7. The fraction of sp³-hybridized carbons (Fsp3) is 0.200. The van der Waals surface area contributed by atoms with Crippen LogP contribution in [0.3, 0.4) is 0 Å². The van der Waals surface area contributed by atoms with E-state index in [-0.39, 0.29) is 5.91 Å². The maximum atomic E-state index is 13.7. The van der Waals surface area contributed by atoms with E-state index in [0.29, 0.717) is 26.6 Å². The molecule has 0 radical (unpaired) electrons. The first-order valence-corrected chi connectivity index (χ1v) is 11.6. The van der Waals surface area contributed by atoms with Gasteiger partial charge in [0.2, 0.25) is 5.91 Å². The molecule has 3 atom stereocenters. The van der Waals surface area contributed by atoms with Gasteiger partial charge in [0, 0.05) is 27.0 Å². The van der Waals surface area contributed by atoms with E-state index >= 15 is 0 Å². The molecular formula is C25H21Cl2N3O2S. The average Bonchev–Trinajstić information content (AvgIpc) is 2.77. The Morgan fingerprint density at radius 3 is 2.42 bits per heavy atom. The summed E-state index contributed by atoms with van der Waals surface area (Å²) in [4.78, 5) is 15.6. The number of hydrogen-bond donors (Lipinski definition) is 2. The largest absolute Gasteiger partial charge is 0.467 e. The zero-order valence-electron chi connectivity index (χ0n) is 17.9. The second-order valence-corrected chi connectivity index (χ2v) is 9.67. The Kier molecular flexibility index (Phi) is 5.47. The first-order valence-electron chi connectivity index (χ1n) is 10.5. The summed E-state index contributed by atoms with van der Waals surface area (Å²) in [5.74, 6) is -0.190. The molecule has 5 rings (SSSR count). The monoisotopic (exact) mass is 497 g/mol. The SMILES string of the molecule is Cc1ccc(N2C(=S)N[C@H]3c4cc(Cl)ccc4O[C@@]2(C)[C@@H]3C(=O)Nc2ccc(Cl)cc2)cc1. The highest BCUT2D eigenvalue weighted by molar-refractivity contribution is 7.80. The zero-order valence-corrected chi connectivity index (χ0v) is 20.3. The molecule has 8 heteroatoms. The highest BCUT2D eigenvalue weighted by Gasteiger charge is 2.59. The van der Waals surface area contributed by atoms with Gasteiger partial charge < -0.3 is 15.4 Å². The lowest BCUT2D eigenvalue weighted by Crippen LogP contribution is -2.72. The van der Waals surface area contributed by atoms with E-state index < -0.39 is 17.7 Å². The number of thiocarbonyl (C=S) groups is 1. The van der Waals surface area contributed by atoms with Crippen LogP contribution in [0.4, 0.5) is 11.4 Å². The number of carbonyl (C=O) groups excluding carboxylic acids is 1. The number of aryl methyl sites for hydroxylation is 1. The molecule has 1 amide bonds. The van der Waals surface area contributed by atoms with Crippen molar-refractivity contribution in [3.63, 3.8) is 0 Å². The predicted octanol–water partition coefficient (Wildman–Crippen LogP) is 6.10. The van der Waals surface area contributed by atoms with Crippen LogP contribution in [0.25, 0.3) is 0 Å². The first-order chi connectivity index (χ1) is 15.8. The summed E-state index contributed by atoms with van der Waals surface area (Å²) in [6, 6.07) is 20.0. The second-order valence-electron chi connectivity index (χ2n) is 8.41. The Bertz CT molecular complexity index is 1250. The van der Waals surface area contributed by atoms with Crippen molar-refractivity contribution in [3.8, 4) is 5.75 Å². The third kappa shape index (κ3) is 3.82. The molecule has 2 aliphatic rings. The number of nitrogens with zero attached hydrogens (tertiary/aromatic N) is 1. The van der Waals surface area contributed by atoms with Crippen LogP contribution in [-0.4, -0.2) is 16.7 Å². The summed E-state index contributed by atoms with van der Waals surface area (Å²) < 4.78 is 6.56. The molecule has 0 unspecified atom stereocenters. The average molecular weight is 498 g/mol. The highest BCUT2D eigenvalue weighted by atomic mass is 35.5. The molecular weight excluding hydrogens is 477 g/mol. The van der Waals surface area contributed by atoms with Crippen LogP contribution < -0.4 is 20.3 Å². The van der Waals surface area contributed by atoms with Gasteiger partial charge in [0.15, 0.2) is 10.8 Å². The van der Waals surface area contributed by atoms with Gasteiger partial charge in [-0.15, -0.1) is 0 Å². The summed E-state index contributed by atoms with van der Waals surface area (Å²) in [6.07, 6.45) is 0. The van der Waals surface area contributed by atoms with Gasteiger partial charge in [-0.2, -0.15) is 0 Å². The Morgan fingerprint density at radius 2 is 1.73 bits per heavy atom. The van der Waals surface area contributed by atoms with Crippen LogP contribution in [0.5, 0.6) is 5.75 Å². The van der Waals surface area contributed by atoms with Crippen molar-refractivity contribution in [1.29, 1.82) is 0 Å². The molecule has 2 aliphatic heterocycles. The van der Waals surface area contributed by atoms with Gasteiger partial charge in [-0.1, -0.05) is 40.9 Å². The first kappa shape index (κ1) is 22.0. The molecule has 0 aliphatic carbocycles. The van der Waals surface area contributed by atoms with Crippen LogP contribution in [0.2, 0.25) is 10.0 Å². The molecule has 168 valence electrons. The Morgan fingerprint density at radius 1 is 1.06 bits per heavy atom. The zero-order chi connectivity index (χ0) is 23.3. The second kappa shape index (κ2) is 8.20. The van der Waals surface area contributed by atoms with Crippen molar-refractivity contribution in [2.24, 2.45) is 5.92 Å².